The molecule has 0 bridgehead atoms. The number of halogens is 2. The summed E-state index contributed by atoms with van der Waals surface area (Å²) in [5, 5.41) is 14.1. The van der Waals surface area contributed by atoms with E-state index in [9.17, 15) is 28.3 Å². The van der Waals surface area contributed by atoms with E-state index in [4.69, 9.17) is 0 Å². The Bertz CT molecular complexity index is 1240. The van der Waals surface area contributed by atoms with Crippen molar-refractivity contribution in [1.82, 2.24) is 20.3 Å². The Morgan fingerprint density at radius 2 is 1.59 bits per heavy atom. The minimum absolute atomic E-state index is 0.00828. The molecule has 8 nitrogen and oxygen atoms in total. The molecule has 0 spiro atoms. The maximum Gasteiger partial charge on any atom is 0.289 e. The van der Waals surface area contributed by atoms with Gasteiger partial charge in [-0.3, -0.25) is 19.4 Å². The topological polar surface area (TPSA) is 104 Å². The predicted molar refractivity (Wildman–Crippen MR) is 109 cm³/mol. The first-order valence-electron chi connectivity index (χ1n) is 9.62. The van der Waals surface area contributed by atoms with Crippen LogP contribution in [-0.2, 0) is 19.8 Å². The van der Waals surface area contributed by atoms with E-state index in [0.29, 0.717) is 11.1 Å². The minimum Gasteiger partial charge on any atom is -0.503 e. The number of rotatable bonds is 5. The molecule has 0 aliphatic carbocycles. The molecule has 32 heavy (non-hydrogen) atoms. The van der Waals surface area contributed by atoms with Crippen molar-refractivity contribution in [2.75, 3.05) is 0 Å². The second-order valence-electron chi connectivity index (χ2n) is 7.18. The predicted octanol–water partition coefficient (Wildman–Crippen LogP) is 1.88. The fraction of sp³-hybridized carbons (Fsp3) is 0.136. The third kappa shape index (κ3) is 4.21. The molecule has 3 N–H and O–H groups in total. The number of pyridine rings is 1. The number of hydrogen-bond donors (Lipinski definition) is 3. The molecule has 0 fully saturated rings. The average Bonchev–Trinajstić information content (AvgIpc) is 2.78. The van der Waals surface area contributed by atoms with Gasteiger partial charge in [0.15, 0.2) is 11.4 Å². The lowest BCUT2D eigenvalue weighted by Gasteiger charge is -2.31. The number of benzene rings is 2. The third-order valence-electron chi connectivity index (χ3n) is 5.00. The van der Waals surface area contributed by atoms with Gasteiger partial charge in [0, 0.05) is 12.7 Å². The van der Waals surface area contributed by atoms with Crippen LogP contribution < -0.4 is 16.2 Å². The summed E-state index contributed by atoms with van der Waals surface area (Å²) in [5.41, 5.74) is 2.52. The van der Waals surface area contributed by atoms with Crippen LogP contribution >= 0.6 is 0 Å². The Morgan fingerprint density at radius 1 is 1.00 bits per heavy atom. The van der Waals surface area contributed by atoms with E-state index in [-0.39, 0.29) is 31.0 Å². The van der Waals surface area contributed by atoms with Crippen LogP contribution in [0.25, 0.3) is 0 Å². The van der Waals surface area contributed by atoms with Crippen LogP contribution in [0.1, 0.15) is 32.0 Å². The standard InChI is InChI=1S/C22H18F2N4O4/c23-15-5-1-13(2-6-15)9-25-21(31)17-11-27-12-26-28(10-14-3-7-16(24)8-4-14)22(32)18(27)20(30)19(17)29/h1-8,11,26,30H,9-10,12H2,(H,25,31). The molecule has 1 aromatic heterocycles. The van der Waals surface area contributed by atoms with Crippen LogP contribution in [0.15, 0.2) is 59.5 Å². The van der Waals surface area contributed by atoms with Crippen LogP contribution in [0.2, 0.25) is 0 Å². The minimum atomic E-state index is -0.982. The fourth-order valence-electron chi connectivity index (χ4n) is 3.30. The molecule has 0 saturated carbocycles. The van der Waals surface area contributed by atoms with Gasteiger partial charge >= 0.3 is 0 Å². The van der Waals surface area contributed by atoms with Gasteiger partial charge in [0.2, 0.25) is 5.43 Å². The van der Waals surface area contributed by atoms with Crippen molar-refractivity contribution in [2.45, 2.75) is 19.8 Å². The first-order valence-corrected chi connectivity index (χ1v) is 9.62. The molecule has 1 aliphatic rings. The van der Waals surface area contributed by atoms with Crippen LogP contribution in [0.5, 0.6) is 5.75 Å². The van der Waals surface area contributed by atoms with Crippen LogP contribution in [0, 0.1) is 11.6 Å². The molecule has 0 atom stereocenters. The van der Waals surface area contributed by atoms with Gasteiger partial charge in [0.25, 0.3) is 11.8 Å². The zero-order valence-electron chi connectivity index (χ0n) is 16.6. The summed E-state index contributed by atoms with van der Waals surface area (Å²) in [4.78, 5) is 37.9. The number of hydrogen-bond acceptors (Lipinski definition) is 5. The molecule has 0 saturated heterocycles. The highest BCUT2D eigenvalue weighted by atomic mass is 19.1. The fourth-order valence-corrected chi connectivity index (χ4v) is 3.30. The molecule has 0 unspecified atom stereocenters. The van der Waals surface area contributed by atoms with Gasteiger partial charge in [0.05, 0.1) is 13.2 Å². The molecular weight excluding hydrogens is 422 g/mol. The van der Waals surface area contributed by atoms with Gasteiger partial charge in [-0.25, -0.2) is 14.2 Å². The van der Waals surface area contributed by atoms with Crippen molar-refractivity contribution in [3.63, 3.8) is 0 Å². The summed E-state index contributed by atoms with van der Waals surface area (Å²) in [5.74, 6) is -3.08. The molecule has 0 radical (unpaired) electrons. The van der Waals surface area contributed by atoms with Gasteiger partial charge < -0.3 is 15.0 Å². The van der Waals surface area contributed by atoms with Crippen molar-refractivity contribution in [2.24, 2.45) is 0 Å². The second-order valence-corrected chi connectivity index (χ2v) is 7.18. The van der Waals surface area contributed by atoms with E-state index < -0.39 is 34.6 Å². The zero-order chi connectivity index (χ0) is 22.8. The molecule has 3 aromatic rings. The number of hydrazine groups is 1. The summed E-state index contributed by atoms with van der Waals surface area (Å²) in [6, 6.07) is 11.0. The lowest BCUT2D eigenvalue weighted by Crippen LogP contribution is -2.49. The van der Waals surface area contributed by atoms with Crippen molar-refractivity contribution in [3.05, 3.63) is 99.0 Å². The summed E-state index contributed by atoms with van der Waals surface area (Å²) in [6.45, 7) is 0.130. The number of amides is 2. The Balaban J connectivity index is 1.54. The maximum absolute atomic E-state index is 13.1. The largest absolute Gasteiger partial charge is 0.503 e. The normalized spacial score (nSPS) is 13.1. The molecular formula is C22H18F2N4O4. The summed E-state index contributed by atoms with van der Waals surface area (Å²) in [7, 11) is 0. The summed E-state index contributed by atoms with van der Waals surface area (Å²) in [6.07, 6.45) is 1.19. The maximum atomic E-state index is 13.1. The summed E-state index contributed by atoms with van der Waals surface area (Å²) < 4.78 is 27.4. The molecule has 2 aromatic carbocycles. The molecule has 4 rings (SSSR count). The van der Waals surface area contributed by atoms with E-state index in [0.717, 1.165) is 0 Å². The quantitative estimate of drug-likeness (QED) is 0.562. The molecule has 2 amide bonds. The number of fused-ring (bicyclic) bond motifs is 1. The molecule has 164 valence electrons. The number of carbonyl (C=O) groups is 2. The van der Waals surface area contributed by atoms with Gasteiger partial charge in [0.1, 0.15) is 17.2 Å². The number of nitrogens with one attached hydrogen (secondary N) is 2. The second kappa shape index (κ2) is 8.60. The zero-order valence-corrected chi connectivity index (χ0v) is 16.6. The average molecular weight is 440 g/mol. The van der Waals surface area contributed by atoms with E-state index in [1.165, 1.54) is 64.3 Å². The molecule has 10 heteroatoms. The van der Waals surface area contributed by atoms with Crippen LogP contribution in [-0.4, -0.2) is 26.5 Å². The Labute approximate surface area is 180 Å². The van der Waals surface area contributed by atoms with Crippen molar-refractivity contribution >= 4 is 11.8 Å². The highest BCUT2D eigenvalue weighted by Gasteiger charge is 2.30. The van der Waals surface area contributed by atoms with Gasteiger partial charge in [-0.15, -0.1) is 0 Å². The van der Waals surface area contributed by atoms with E-state index >= 15 is 0 Å². The third-order valence-corrected chi connectivity index (χ3v) is 5.00. The monoisotopic (exact) mass is 440 g/mol. The van der Waals surface area contributed by atoms with Crippen molar-refractivity contribution < 1.29 is 23.5 Å². The summed E-state index contributed by atoms with van der Waals surface area (Å²) >= 11 is 0. The molecule has 2 heterocycles. The van der Waals surface area contributed by atoms with Crippen LogP contribution in [0.4, 0.5) is 8.78 Å². The first-order chi connectivity index (χ1) is 15.3. The number of aromatic hydroxyl groups is 1. The SMILES string of the molecule is O=C(NCc1ccc(F)cc1)c1cn2c(c(O)c1=O)C(=O)N(Cc1ccc(F)cc1)NC2. The van der Waals surface area contributed by atoms with Gasteiger partial charge in [-0.2, -0.15) is 0 Å². The van der Waals surface area contributed by atoms with E-state index in [1.807, 2.05) is 0 Å². The highest BCUT2D eigenvalue weighted by molar-refractivity contribution is 5.98. The first kappa shape index (κ1) is 21.2. The van der Waals surface area contributed by atoms with Gasteiger partial charge in [-0.05, 0) is 35.4 Å². The van der Waals surface area contributed by atoms with Crippen LogP contribution in [0.3, 0.4) is 0 Å². The highest BCUT2D eigenvalue weighted by Crippen LogP contribution is 2.20. The smallest absolute Gasteiger partial charge is 0.289 e. The van der Waals surface area contributed by atoms with E-state index in [1.54, 1.807) is 0 Å². The number of nitrogens with zero attached hydrogens (tertiary/aromatic N) is 2. The molecule has 1 aliphatic heterocycles. The van der Waals surface area contributed by atoms with Crippen molar-refractivity contribution in [3.8, 4) is 5.75 Å². The number of carbonyl (C=O) groups excluding carboxylic acids is 2. The lowest BCUT2D eigenvalue weighted by atomic mass is 10.1. The Hall–Kier alpha value is -4.05. The van der Waals surface area contributed by atoms with E-state index in [2.05, 4.69) is 10.7 Å². The Morgan fingerprint density at radius 3 is 2.22 bits per heavy atom. The van der Waals surface area contributed by atoms with Crippen molar-refractivity contribution in [1.29, 1.82) is 0 Å². The van der Waals surface area contributed by atoms with Gasteiger partial charge in [-0.1, -0.05) is 24.3 Å². The lowest BCUT2D eigenvalue weighted by molar-refractivity contribution is 0.0527. The Kier molecular flexibility index (Phi) is 5.69. The number of aromatic nitrogens is 1.